The van der Waals surface area contributed by atoms with Gasteiger partial charge in [0, 0.05) is 5.56 Å². The molecule has 4 aromatic rings. The first-order valence-corrected chi connectivity index (χ1v) is 8.73. The van der Waals surface area contributed by atoms with E-state index in [1.807, 2.05) is 79.7 Å². The largest absolute Gasteiger partial charge is 0.291 e. The second-order valence-corrected chi connectivity index (χ2v) is 6.66. The molecule has 0 aliphatic carbocycles. The topological polar surface area (TPSA) is 47.3 Å². The predicted octanol–water partition coefficient (Wildman–Crippen LogP) is 3.34. The first-order chi connectivity index (χ1) is 12.2. The van der Waals surface area contributed by atoms with Crippen LogP contribution in [0.4, 0.5) is 0 Å². The van der Waals surface area contributed by atoms with Crippen molar-refractivity contribution < 1.29 is 0 Å². The molecule has 4 nitrogen and oxygen atoms in total. The summed E-state index contributed by atoms with van der Waals surface area (Å²) in [4.78, 5) is 17.6. The van der Waals surface area contributed by atoms with Crippen LogP contribution in [0.5, 0.6) is 0 Å². The summed E-state index contributed by atoms with van der Waals surface area (Å²) in [5.74, 6) is 0.591. The van der Waals surface area contributed by atoms with Crippen LogP contribution >= 0.6 is 11.3 Å². The van der Waals surface area contributed by atoms with E-state index in [4.69, 9.17) is 0 Å². The van der Waals surface area contributed by atoms with Crippen molar-refractivity contribution in [1.82, 2.24) is 14.6 Å². The third kappa shape index (κ3) is 3.02. The molecule has 0 atom stereocenters. The highest BCUT2D eigenvalue weighted by molar-refractivity contribution is 7.15. The molecule has 0 bridgehead atoms. The summed E-state index contributed by atoms with van der Waals surface area (Å²) >= 11 is 1.35. The monoisotopic (exact) mass is 345 g/mol. The molecule has 0 aliphatic rings. The van der Waals surface area contributed by atoms with E-state index in [9.17, 15) is 4.79 Å². The van der Waals surface area contributed by atoms with Gasteiger partial charge < -0.3 is 0 Å². The van der Waals surface area contributed by atoms with Gasteiger partial charge in [0.05, 0.1) is 4.53 Å². The van der Waals surface area contributed by atoms with Crippen LogP contribution in [0, 0.1) is 6.92 Å². The van der Waals surface area contributed by atoms with Gasteiger partial charge in [-0.2, -0.15) is 9.50 Å². The van der Waals surface area contributed by atoms with Crippen molar-refractivity contribution in [3.05, 3.63) is 86.7 Å². The van der Waals surface area contributed by atoms with Gasteiger partial charge in [-0.1, -0.05) is 78.1 Å². The smallest absolute Gasteiger partial charge is 0.266 e. The first-order valence-electron chi connectivity index (χ1n) is 7.91. The van der Waals surface area contributed by atoms with Gasteiger partial charge in [-0.3, -0.25) is 4.79 Å². The third-order valence-corrected chi connectivity index (χ3v) is 4.88. The Labute approximate surface area is 148 Å². The summed E-state index contributed by atoms with van der Waals surface area (Å²) < 4.78 is 2.01. The molecule has 0 spiro atoms. The Morgan fingerprint density at radius 1 is 1.04 bits per heavy atom. The van der Waals surface area contributed by atoms with Crippen LogP contribution in [0.3, 0.4) is 0 Å². The van der Waals surface area contributed by atoms with Gasteiger partial charge in [-0.15, -0.1) is 5.10 Å². The van der Waals surface area contributed by atoms with E-state index in [2.05, 4.69) is 10.1 Å². The zero-order valence-corrected chi connectivity index (χ0v) is 14.4. The lowest BCUT2D eigenvalue weighted by Crippen LogP contribution is -2.23. The number of hydrogen-bond acceptors (Lipinski definition) is 4. The second-order valence-electron chi connectivity index (χ2n) is 5.65. The van der Waals surface area contributed by atoms with E-state index in [0.29, 0.717) is 15.3 Å². The van der Waals surface area contributed by atoms with Gasteiger partial charge >= 0.3 is 0 Å². The van der Waals surface area contributed by atoms with Crippen molar-refractivity contribution in [3.63, 3.8) is 0 Å². The van der Waals surface area contributed by atoms with E-state index in [0.717, 1.165) is 16.7 Å². The lowest BCUT2D eigenvalue weighted by Gasteiger charge is -1.98. The molecule has 25 heavy (non-hydrogen) atoms. The molecule has 0 aliphatic heterocycles. The van der Waals surface area contributed by atoms with Crippen LogP contribution < -0.4 is 10.1 Å². The molecule has 0 fully saturated rings. The van der Waals surface area contributed by atoms with Crippen LogP contribution in [0.15, 0.2) is 65.5 Å². The first kappa shape index (κ1) is 15.5. The number of rotatable bonds is 3. The molecule has 5 heteroatoms. The second kappa shape index (κ2) is 6.45. The molecule has 122 valence electrons. The number of aryl methyl sites for hydroxylation is 1. The molecule has 2 heterocycles. The number of allylic oxidation sites excluding steroid dienone is 1. The number of hydrogen-bond donors (Lipinski definition) is 0. The van der Waals surface area contributed by atoms with E-state index in [1.54, 1.807) is 0 Å². The molecular weight excluding hydrogens is 330 g/mol. The fourth-order valence-electron chi connectivity index (χ4n) is 2.60. The van der Waals surface area contributed by atoms with Crippen molar-refractivity contribution in [2.45, 2.75) is 6.92 Å². The fraction of sp³-hybridized carbons (Fsp3) is 0.0500. The Bertz CT molecular complexity index is 1170. The Kier molecular flexibility index (Phi) is 3.99. The maximum atomic E-state index is 12.5. The van der Waals surface area contributed by atoms with Crippen LogP contribution in [0.25, 0.3) is 28.5 Å². The van der Waals surface area contributed by atoms with Gasteiger partial charge in [0.2, 0.25) is 4.96 Å². The maximum Gasteiger partial charge on any atom is 0.291 e. The minimum atomic E-state index is -0.134. The van der Waals surface area contributed by atoms with E-state index >= 15 is 0 Å². The Morgan fingerprint density at radius 3 is 2.56 bits per heavy atom. The SMILES string of the molecule is Cc1ccccc1-c1nc2sc(=CC=Cc3ccccc3)c(=O)n2n1. The number of benzene rings is 2. The minimum Gasteiger partial charge on any atom is -0.266 e. The van der Waals surface area contributed by atoms with Crippen LogP contribution in [-0.2, 0) is 0 Å². The maximum absolute atomic E-state index is 12.5. The predicted molar refractivity (Wildman–Crippen MR) is 102 cm³/mol. The quantitative estimate of drug-likeness (QED) is 0.572. The van der Waals surface area contributed by atoms with Crippen LogP contribution in [0.2, 0.25) is 0 Å². The molecule has 2 aromatic heterocycles. The van der Waals surface area contributed by atoms with E-state index in [-0.39, 0.29) is 5.56 Å². The fourth-order valence-corrected chi connectivity index (χ4v) is 3.46. The average Bonchev–Trinajstić information content (AvgIpc) is 3.16. The van der Waals surface area contributed by atoms with Crippen molar-refractivity contribution in [3.8, 4) is 11.4 Å². The van der Waals surface area contributed by atoms with Gasteiger partial charge in [-0.25, -0.2) is 0 Å². The molecule has 0 amide bonds. The van der Waals surface area contributed by atoms with Gasteiger partial charge in [0.1, 0.15) is 0 Å². The van der Waals surface area contributed by atoms with Gasteiger partial charge in [0.15, 0.2) is 5.82 Å². The highest BCUT2D eigenvalue weighted by atomic mass is 32.1. The average molecular weight is 345 g/mol. The van der Waals surface area contributed by atoms with Crippen molar-refractivity contribution in [1.29, 1.82) is 0 Å². The molecule has 0 unspecified atom stereocenters. The number of fused-ring (bicyclic) bond motifs is 1. The summed E-state index contributed by atoms with van der Waals surface area (Å²) in [6.07, 6.45) is 5.65. The van der Waals surface area contributed by atoms with E-state index in [1.165, 1.54) is 15.9 Å². The van der Waals surface area contributed by atoms with Crippen LogP contribution in [0.1, 0.15) is 11.1 Å². The standard InChI is InChI=1S/C20H15N3OS/c1-14-8-5-6-12-16(14)18-21-20-23(22-18)19(24)17(25-20)13-7-11-15-9-3-2-4-10-15/h2-13H,1H3. The lowest BCUT2D eigenvalue weighted by atomic mass is 10.1. The molecule has 0 saturated carbocycles. The summed E-state index contributed by atoms with van der Waals surface area (Å²) in [7, 11) is 0. The summed E-state index contributed by atoms with van der Waals surface area (Å²) in [5, 5.41) is 4.39. The molecule has 0 saturated heterocycles. The molecule has 0 radical (unpaired) electrons. The highest BCUT2D eigenvalue weighted by Gasteiger charge is 2.12. The number of nitrogens with zero attached hydrogens (tertiary/aromatic N) is 3. The molecular formula is C20H15N3OS. The summed E-state index contributed by atoms with van der Waals surface area (Å²) in [6.45, 7) is 2.01. The third-order valence-electron chi connectivity index (χ3n) is 3.90. The Hall–Kier alpha value is -3.05. The van der Waals surface area contributed by atoms with Crippen molar-refractivity contribution in [2.75, 3.05) is 0 Å². The Morgan fingerprint density at radius 2 is 1.80 bits per heavy atom. The lowest BCUT2D eigenvalue weighted by molar-refractivity contribution is 0.936. The zero-order valence-electron chi connectivity index (χ0n) is 13.6. The molecule has 0 N–H and O–H groups in total. The Balaban J connectivity index is 1.71. The van der Waals surface area contributed by atoms with Gasteiger partial charge in [-0.05, 0) is 24.1 Å². The van der Waals surface area contributed by atoms with Crippen molar-refractivity contribution >= 4 is 28.4 Å². The normalized spacial score (nSPS) is 12.4. The van der Waals surface area contributed by atoms with Crippen molar-refractivity contribution in [2.24, 2.45) is 0 Å². The highest BCUT2D eigenvalue weighted by Crippen LogP contribution is 2.20. The summed E-state index contributed by atoms with van der Waals surface area (Å²) in [6, 6.07) is 17.9. The number of aromatic nitrogens is 3. The van der Waals surface area contributed by atoms with E-state index < -0.39 is 0 Å². The molecule has 4 rings (SSSR count). The zero-order chi connectivity index (χ0) is 17.2. The number of thiazole rings is 1. The summed E-state index contributed by atoms with van der Waals surface area (Å²) in [5.41, 5.74) is 3.00. The minimum absolute atomic E-state index is 0.134. The van der Waals surface area contributed by atoms with Gasteiger partial charge in [0.25, 0.3) is 5.56 Å². The van der Waals surface area contributed by atoms with Crippen LogP contribution in [-0.4, -0.2) is 14.6 Å². The molecule has 2 aromatic carbocycles.